The Balaban J connectivity index is 1.58. The predicted molar refractivity (Wildman–Crippen MR) is 119 cm³/mol. The van der Waals surface area contributed by atoms with Crippen molar-refractivity contribution in [3.63, 3.8) is 0 Å². The molecule has 1 N–H and O–H groups in total. The highest BCUT2D eigenvalue weighted by Crippen LogP contribution is 2.43. The number of hydrogen-bond donors (Lipinski definition) is 1. The van der Waals surface area contributed by atoms with Crippen molar-refractivity contribution < 1.29 is 14.6 Å². The molecule has 3 aromatic rings. The van der Waals surface area contributed by atoms with E-state index >= 15 is 0 Å². The molecule has 1 aromatic heterocycles. The van der Waals surface area contributed by atoms with Crippen LogP contribution in [0.15, 0.2) is 95.9 Å². The van der Waals surface area contributed by atoms with Gasteiger partial charge >= 0.3 is 5.97 Å². The molecular formula is C25H23NO3S. The Kier molecular flexibility index (Phi) is 6.19. The Labute approximate surface area is 180 Å². The predicted octanol–water partition coefficient (Wildman–Crippen LogP) is 5.56. The lowest BCUT2D eigenvalue weighted by atomic mass is 9.83. The second kappa shape index (κ2) is 9.18. The molecule has 0 fully saturated rings. The molecule has 1 unspecified atom stereocenters. The molecule has 0 aliphatic carbocycles. The highest BCUT2D eigenvalue weighted by Gasteiger charge is 2.43. The van der Waals surface area contributed by atoms with Crippen LogP contribution in [0, 0.1) is 0 Å². The lowest BCUT2D eigenvalue weighted by Crippen LogP contribution is -2.38. The zero-order valence-electron chi connectivity index (χ0n) is 16.5. The van der Waals surface area contributed by atoms with Gasteiger partial charge in [0.1, 0.15) is 16.3 Å². The third-order valence-electron chi connectivity index (χ3n) is 5.28. The number of nitrogens with zero attached hydrogens (tertiary/aromatic N) is 1. The van der Waals surface area contributed by atoms with Crippen molar-refractivity contribution >= 4 is 17.7 Å². The van der Waals surface area contributed by atoms with Crippen molar-refractivity contribution in [2.75, 3.05) is 0 Å². The highest BCUT2D eigenvalue weighted by molar-refractivity contribution is 8.03. The minimum absolute atomic E-state index is 0.0945. The molecule has 0 spiro atoms. The molecule has 1 aliphatic heterocycles. The third-order valence-corrected chi connectivity index (χ3v) is 6.45. The van der Waals surface area contributed by atoms with E-state index in [4.69, 9.17) is 4.74 Å². The number of benzene rings is 2. The standard InChI is InChI=1S/C25H23NO3S/c27-22-17-25(21-12-15-26-16-13-21,14-11-19-7-3-1-4-8-19)29-24(28)23(22)30-18-20-9-5-2-6-10-20/h1-10,12-13,15-16,27H,11,14,17-18H2. The summed E-state index contributed by atoms with van der Waals surface area (Å²) in [5.74, 6) is 0.225. The van der Waals surface area contributed by atoms with Crippen LogP contribution in [0.2, 0.25) is 0 Å². The van der Waals surface area contributed by atoms with Crippen molar-refractivity contribution in [3.8, 4) is 0 Å². The largest absolute Gasteiger partial charge is 0.511 e. The number of carbonyl (C=O) groups is 1. The molecule has 2 heterocycles. The Morgan fingerprint density at radius 1 is 0.933 bits per heavy atom. The summed E-state index contributed by atoms with van der Waals surface area (Å²) in [5.41, 5.74) is 2.19. The number of ether oxygens (including phenoxy) is 1. The monoisotopic (exact) mass is 417 g/mol. The van der Waals surface area contributed by atoms with Gasteiger partial charge in [0, 0.05) is 18.1 Å². The number of aryl methyl sites for hydroxylation is 1. The van der Waals surface area contributed by atoms with E-state index in [1.165, 1.54) is 11.8 Å². The summed E-state index contributed by atoms with van der Waals surface area (Å²) in [7, 11) is 0. The van der Waals surface area contributed by atoms with Gasteiger partial charge in [-0.1, -0.05) is 60.7 Å². The highest BCUT2D eigenvalue weighted by atomic mass is 32.2. The van der Waals surface area contributed by atoms with Crippen molar-refractivity contribution in [1.82, 2.24) is 4.98 Å². The summed E-state index contributed by atoms with van der Waals surface area (Å²) < 4.78 is 6.05. The number of aliphatic hydroxyl groups is 1. The molecule has 2 aromatic carbocycles. The van der Waals surface area contributed by atoms with Crippen LogP contribution in [0.1, 0.15) is 29.5 Å². The van der Waals surface area contributed by atoms with Gasteiger partial charge in [-0.05, 0) is 41.7 Å². The molecular weight excluding hydrogens is 394 g/mol. The topological polar surface area (TPSA) is 59.4 Å². The van der Waals surface area contributed by atoms with Crippen molar-refractivity contribution in [3.05, 3.63) is 113 Å². The molecule has 0 amide bonds. The first-order valence-electron chi connectivity index (χ1n) is 9.93. The van der Waals surface area contributed by atoms with E-state index in [0.717, 1.165) is 23.1 Å². The number of aliphatic hydroxyl groups excluding tert-OH is 1. The summed E-state index contributed by atoms with van der Waals surface area (Å²) in [4.78, 5) is 17.3. The number of carbonyl (C=O) groups excluding carboxylic acids is 1. The minimum Gasteiger partial charge on any atom is -0.511 e. The van der Waals surface area contributed by atoms with Crippen LogP contribution in [-0.2, 0) is 27.3 Å². The number of hydrogen-bond acceptors (Lipinski definition) is 5. The van der Waals surface area contributed by atoms with Gasteiger partial charge in [0.25, 0.3) is 0 Å². The number of thioether (sulfide) groups is 1. The fraction of sp³-hybridized carbons (Fsp3) is 0.200. The summed E-state index contributed by atoms with van der Waals surface area (Å²) in [6.45, 7) is 0. The minimum atomic E-state index is -0.906. The van der Waals surface area contributed by atoms with Crippen LogP contribution < -0.4 is 0 Å². The van der Waals surface area contributed by atoms with Gasteiger partial charge in [0.05, 0.1) is 6.42 Å². The van der Waals surface area contributed by atoms with Gasteiger partial charge in [0.15, 0.2) is 0 Å². The molecule has 0 saturated heterocycles. The first kappa shape index (κ1) is 20.2. The summed E-state index contributed by atoms with van der Waals surface area (Å²) in [6, 6.07) is 23.7. The van der Waals surface area contributed by atoms with Gasteiger partial charge in [-0.15, -0.1) is 11.8 Å². The first-order valence-corrected chi connectivity index (χ1v) is 10.9. The molecule has 30 heavy (non-hydrogen) atoms. The second-order valence-corrected chi connectivity index (χ2v) is 8.32. The number of cyclic esters (lactones) is 1. The van der Waals surface area contributed by atoms with Crippen LogP contribution in [-0.4, -0.2) is 16.1 Å². The average Bonchev–Trinajstić information content (AvgIpc) is 2.79. The third kappa shape index (κ3) is 4.57. The van der Waals surface area contributed by atoms with Gasteiger partial charge in [-0.3, -0.25) is 4.98 Å². The summed E-state index contributed by atoms with van der Waals surface area (Å²) >= 11 is 1.32. The molecule has 152 valence electrons. The SMILES string of the molecule is O=C1OC(CCc2ccccc2)(c2ccncc2)CC(O)=C1SCc1ccccc1. The number of rotatable bonds is 7. The van der Waals surface area contributed by atoms with E-state index in [9.17, 15) is 9.90 Å². The smallest absolute Gasteiger partial charge is 0.348 e. The lowest BCUT2D eigenvalue weighted by molar-refractivity contribution is -0.160. The van der Waals surface area contributed by atoms with Crippen LogP contribution in [0.4, 0.5) is 0 Å². The zero-order valence-corrected chi connectivity index (χ0v) is 17.3. The Morgan fingerprint density at radius 3 is 2.20 bits per heavy atom. The van der Waals surface area contributed by atoms with Gasteiger partial charge in [-0.2, -0.15) is 0 Å². The van der Waals surface area contributed by atoms with E-state index in [1.807, 2.05) is 60.7 Å². The fourth-order valence-electron chi connectivity index (χ4n) is 3.69. The molecule has 0 saturated carbocycles. The Hall–Kier alpha value is -3.05. The summed E-state index contributed by atoms with van der Waals surface area (Å²) in [6.07, 6.45) is 4.94. The first-order chi connectivity index (χ1) is 14.7. The molecule has 1 atom stereocenters. The molecule has 1 aliphatic rings. The fourth-order valence-corrected chi connectivity index (χ4v) is 4.59. The number of esters is 1. The van der Waals surface area contributed by atoms with E-state index < -0.39 is 11.6 Å². The van der Waals surface area contributed by atoms with Gasteiger partial charge in [-0.25, -0.2) is 4.79 Å². The molecule has 4 nitrogen and oxygen atoms in total. The average molecular weight is 418 g/mol. The normalized spacial score (nSPS) is 18.9. The maximum atomic E-state index is 12.9. The van der Waals surface area contributed by atoms with Crippen LogP contribution >= 0.6 is 11.8 Å². The maximum Gasteiger partial charge on any atom is 0.348 e. The maximum absolute atomic E-state index is 12.9. The van der Waals surface area contributed by atoms with Crippen LogP contribution in [0.25, 0.3) is 0 Å². The second-order valence-electron chi connectivity index (χ2n) is 7.33. The van der Waals surface area contributed by atoms with Gasteiger partial charge in [0.2, 0.25) is 0 Å². The van der Waals surface area contributed by atoms with E-state index in [0.29, 0.717) is 17.1 Å². The van der Waals surface area contributed by atoms with Crippen molar-refractivity contribution in [2.24, 2.45) is 0 Å². The Morgan fingerprint density at radius 2 is 1.57 bits per heavy atom. The van der Waals surface area contributed by atoms with E-state index in [2.05, 4.69) is 17.1 Å². The summed E-state index contributed by atoms with van der Waals surface area (Å²) in [5, 5.41) is 10.9. The van der Waals surface area contributed by atoms with Crippen LogP contribution in [0.3, 0.4) is 0 Å². The molecule has 0 bridgehead atoms. The van der Waals surface area contributed by atoms with Crippen molar-refractivity contribution in [2.45, 2.75) is 30.6 Å². The lowest BCUT2D eigenvalue weighted by Gasteiger charge is -2.37. The molecule has 0 radical (unpaired) electrons. The van der Waals surface area contributed by atoms with E-state index in [-0.39, 0.29) is 12.2 Å². The molecule has 5 heteroatoms. The van der Waals surface area contributed by atoms with Crippen LogP contribution in [0.5, 0.6) is 0 Å². The molecule has 4 rings (SSSR count). The number of pyridine rings is 1. The van der Waals surface area contributed by atoms with E-state index in [1.54, 1.807) is 12.4 Å². The Bertz CT molecular complexity index is 1020. The van der Waals surface area contributed by atoms with Gasteiger partial charge < -0.3 is 9.84 Å². The van der Waals surface area contributed by atoms with Crippen molar-refractivity contribution in [1.29, 1.82) is 0 Å². The quantitative estimate of drug-likeness (QED) is 0.510. The zero-order chi connectivity index (χ0) is 20.8. The number of aromatic nitrogens is 1.